The predicted molar refractivity (Wildman–Crippen MR) is 92.1 cm³/mol. The average Bonchev–Trinajstić information content (AvgIpc) is 2.61. The molecule has 2 heteroatoms. The summed E-state index contributed by atoms with van der Waals surface area (Å²) in [5.74, 6) is 0. The van der Waals surface area contributed by atoms with Crippen LogP contribution >= 0.6 is 0 Å². The number of hydrogen-bond acceptors (Lipinski definition) is 2. The molecule has 0 fully saturated rings. The van der Waals surface area contributed by atoms with Crippen LogP contribution in [0.4, 0.5) is 0 Å². The van der Waals surface area contributed by atoms with E-state index in [-0.39, 0.29) is 6.17 Å². The van der Waals surface area contributed by atoms with Crippen molar-refractivity contribution in [3.63, 3.8) is 0 Å². The Morgan fingerprint density at radius 2 is 1.36 bits per heavy atom. The van der Waals surface area contributed by atoms with Crippen molar-refractivity contribution in [1.82, 2.24) is 5.32 Å². The summed E-state index contributed by atoms with van der Waals surface area (Å²) in [7, 11) is 0. The molecule has 0 aliphatic heterocycles. The van der Waals surface area contributed by atoms with Crippen molar-refractivity contribution >= 4 is 0 Å². The van der Waals surface area contributed by atoms with Gasteiger partial charge in [0.1, 0.15) is 0 Å². The molecule has 2 nitrogen and oxygen atoms in total. The molecular weight excluding hydrogens is 268 g/mol. The molecule has 0 aliphatic carbocycles. The third-order valence-corrected chi connectivity index (χ3v) is 3.72. The monoisotopic (exact) mass is 288 g/mol. The third-order valence-electron chi connectivity index (χ3n) is 3.72. The Bertz CT molecular complexity index is 708. The van der Waals surface area contributed by atoms with E-state index >= 15 is 0 Å². The molecule has 1 unspecified atom stereocenters. The summed E-state index contributed by atoms with van der Waals surface area (Å²) in [6.07, 6.45) is -0.151. The highest BCUT2D eigenvalue weighted by molar-refractivity contribution is 5.63. The number of nitrogens with one attached hydrogen (secondary N) is 1. The molecule has 3 aromatic carbocycles. The molecule has 0 aliphatic rings. The molecule has 0 heterocycles. The summed E-state index contributed by atoms with van der Waals surface area (Å²) in [4.78, 5) is 0. The van der Waals surface area contributed by atoms with Gasteiger partial charge in [0, 0.05) is 6.54 Å². The minimum atomic E-state index is -0.151. The Kier molecular flexibility index (Phi) is 4.64. The topological polar surface area (TPSA) is 38.0 Å². The van der Waals surface area contributed by atoms with Crippen molar-refractivity contribution in [1.29, 1.82) is 0 Å². The van der Waals surface area contributed by atoms with Crippen LogP contribution in [0.5, 0.6) is 0 Å². The summed E-state index contributed by atoms with van der Waals surface area (Å²) in [6, 6.07) is 29.1. The number of hydrogen-bond donors (Lipinski definition) is 2. The Morgan fingerprint density at radius 3 is 2.09 bits per heavy atom. The maximum atomic E-state index is 6.18. The van der Waals surface area contributed by atoms with Crippen molar-refractivity contribution in [3.8, 4) is 11.1 Å². The lowest BCUT2D eigenvalue weighted by Crippen LogP contribution is -2.28. The Morgan fingerprint density at radius 1 is 0.727 bits per heavy atom. The van der Waals surface area contributed by atoms with E-state index < -0.39 is 0 Å². The fourth-order valence-corrected chi connectivity index (χ4v) is 2.50. The lowest BCUT2D eigenvalue weighted by molar-refractivity contribution is 0.552. The standard InChI is InChI=1S/C20H20N2/c21-20(18-11-5-2-6-12-18)22-15-16-8-7-13-19(14-16)17-9-3-1-4-10-17/h1-14,20,22H,15,21H2. The molecule has 3 aromatic rings. The normalized spacial score (nSPS) is 12.0. The fourth-order valence-electron chi connectivity index (χ4n) is 2.50. The minimum absolute atomic E-state index is 0.151. The summed E-state index contributed by atoms with van der Waals surface area (Å²) in [5.41, 5.74) is 11.0. The van der Waals surface area contributed by atoms with E-state index in [9.17, 15) is 0 Å². The maximum absolute atomic E-state index is 6.18. The molecule has 3 rings (SSSR count). The van der Waals surface area contributed by atoms with E-state index in [0.29, 0.717) is 0 Å². The lowest BCUT2D eigenvalue weighted by Gasteiger charge is -2.14. The second-order valence-electron chi connectivity index (χ2n) is 5.34. The highest BCUT2D eigenvalue weighted by Gasteiger charge is 2.05. The van der Waals surface area contributed by atoms with Gasteiger partial charge >= 0.3 is 0 Å². The van der Waals surface area contributed by atoms with Crippen LogP contribution in [-0.2, 0) is 6.54 Å². The van der Waals surface area contributed by atoms with Gasteiger partial charge in [0.15, 0.2) is 0 Å². The highest BCUT2D eigenvalue weighted by atomic mass is 15.0. The van der Waals surface area contributed by atoms with E-state index in [1.54, 1.807) is 0 Å². The Labute approximate surface area is 131 Å². The zero-order valence-electron chi connectivity index (χ0n) is 12.4. The van der Waals surface area contributed by atoms with Crippen molar-refractivity contribution < 1.29 is 0 Å². The van der Waals surface area contributed by atoms with Crippen LogP contribution < -0.4 is 11.1 Å². The Balaban J connectivity index is 1.69. The highest BCUT2D eigenvalue weighted by Crippen LogP contribution is 2.20. The van der Waals surface area contributed by atoms with E-state index in [1.807, 2.05) is 36.4 Å². The molecular formula is C20H20N2. The molecule has 22 heavy (non-hydrogen) atoms. The van der Waals surface area contributed by atoms with Crippen LogP contribution in [0, 0.1) is 0 Å². The quantitative estimate of drug-likeness (QED) is 0.694. The summed E-state index contributed by atoms with van der Waals surface area (Å²) >= 11 is 0. The maximum Gasteiger partial charge on any atom is 0.0812 e. The second-order valence-corrected chi connectivity index (χ2v) is 5.34. The van der Waals surface area contributed by atoms with E-state index in [4.69, 9.17) is 5.73 Å². The first kappa shape index (κ1) is 14.5. The molecule has 0 saturated carbocycles. The molecule has 0 saturated heterocycles. The van der Waals surface area contributed by atoms with Crippen molar-refractivity contribution in [2.75, 3.05) is 0 Å². The lowest BCUT2D eigenvalue weighted by atomic mass is 10.0. The number of nitrogens with two attached hydrogens (primary N) is 1. The first-order valence-electron chi connectivity index (χ1n) is 7.51. The van der Waals surface area contributed by atoms with E-state index in [2.05, 4.69) is 53.8 Å². The van der Waals surface area contributed by atoms with Crippen LogP contribution in [-0.4, -0.2) is 0 Å². The molecule has 0 amide bonds. The fraction of sp³-hybridized carbons (Fsp3) is 0.100. The van der Waals surface area contributed by atoms with Crippen LogP contribution in [0.25, 0.3) is 11.1 Å². The van der Waals surface area contributed by atoms with Crippen molar-refractivity contribution in [2.45, 2.75) is 12.7 Å². The van der Waals surface area contributed by atoms with Gasteiger partial charge in [-0.25, -0.2) is 0 Å². The van der Waals surface area contributed by atoms with Gasteiger partial charge in [-0.2, -0.15) is 0 Å². The Hall–Kier alpha value is -2.42. The minimum Gasteiger partial charge on any atom is -0.312 e. The van der Waals surface area contributed by atoms with Crippen LogP contribution in [0.3, 0.4) is 0 Å². The summed E-state index contributed by atoms with van der Waals surface area (Å²) in [5, 5.41) is 3.37. The van der Waals surface area contributed by atoms with Gasteiger partial charge in [0.2, 0.25) is 0 Å². The van der Waals surface area contributed by atoms with Crippen LogP contribution in [0.15, 0.2) is 84.9 Å². The van der Waals surface area contributed by atoms with Gasteiger partial charge < -0.3 is 5.73 Å². The molecule has 110 valence electrons. The molecule has 1 atom stereocenters. The van der Waals surface area contributed by atoms with Crippen LogP contribution in [0.1, 0.15) is 17.3 Å². The largest absolute Gasteiger partial charge is 0.312 e. The van der Waals surface area contributed by atoms with Gasteiger partial charge in [0.25, 0.3) is 0 Å². The van der Waals surface area contributed by atoms with Gasteiger partial charge in [-0.3, -0.25) is 5.32 Å². The van der Waals surface area contributed by atoms with Gasteiger partial charge in [-0.1, -0.05) is 78.9 Å². The second kappa shape index (κ2) is 7.03. The van der Waals surface area contributed by atoms with E-state index in [0.717, 1.165) is 12.1 Å². The van der Waals surface area contributed by atoms with Gasteiger partial charge in [-0.15, -0.1) is 0 Å². The SMILES string of the molecule is NC(NCc1cccc(-c2ccccc2)c1)c1ccccc1. The molecule has 0 radical (unpaired) electrons. The average molecular weight is 288 g/mol. The first-order chi connectivity index (χ1) is 10.8. The van der Waals surface area contributed by atoms with Crippen LogP contribution in [0.2, 0.25) is 0 Å². The number of rotatable bonds is 5. The van der Waals surface area contributed by atoms with Crippen molar-refractivity contribution in [3.05, 3.63) is 96.1 Å². The molecule has 3 N–H and O–H groups in total. The summed E-state index contributed by atoms with van der Waals surface area (Å²) < 4.78 is 0. The summed E-state index contributed by atoms with van der Waals surface area (Å²) in [6.45, 7) is 0.747. The van der Waals surface area contributed by atoms with Gasteiger partial charge in [0.05, 0.1) is 6.17 Å². The van der Waals surface area contributed by atoms with Gasteiger partial charge in [-0.05, 0) is 28.3 Å². The molecule has 0 aromatic heterocycles. The molecule has 0 bridgehead atoms. The zero-order chi connectivity index (χ0) is 15.2. The predicted octanol–water partition coefficient (Wildman–Crippen LogP) is 4.10. The smallest absolute Gasteiger partial charge is 0.0812 e. The van der Waals surface area contributed by atoms with Crippen molar-refractivity contribution in [2.24, 2.45) is 5.73 Å². The zero-order valence-corrected chi connectivity index (χ0v) is 12.4. The van der Waals surface area contributed by atoms with E-state index in [1.165, 1.54) is 16.7 Å². The third kappa shape index (κ3) is 3.61. The first-order valence-corrected chi connectivity index (χ1v) is 7.51. The number of benzene rings is 3. The molecule has 0 spiro atoms.